The third-order valence-corrected chi connectivity index (χ3v) is 6.39. The van der Waals surface area contributed by atoms with Crippen molar-refractivity contribution in [2.45, 2.75) is 58.1 Å². The molecule has 2 aliphatic rings. The number of rotatable bonds is 6. The number of nitrogens with one attached hydrogen (secondary N) is 1. The van der Waals surface area contributed by atoms with E-state index in [1.807, 2.05) is 0 Å². The zero-order chi connectivity index (χ0) is 21.9. The van der Waals surface area contributed by atoms with Gasteiger partial charge in [-0.3, -0.25) is 9.59 Å². The number of pyridine rings is 1. The molecule has 2 fully saturated rings. The van der Waals surface area contributed by atoms with E-state index in [4.69, 9.17) is 4.74 Å². The van der Waals surface area contributed by atoms with Crippen molar-refractivity contribution >= 4 is 5.91 Å². The number of β-amino-alcohol motifs (C(OH)–C–C–N with tert-alkyl or cyclic N) is 1. The first kappa shape index (κ1) is 22.9. The SMILES string of the molecule is Cc1c(F)cc(C(=O)NCC2CCN(CC3(O)CCOCC3)CC2)c(=O)n1C(C)C. The first-order valence-corrected chi connectivity index (χ1v) is 10.9. The van der Waals surface area contributed by atoms with Crippen LogP contribution in [0.5, 0.6) is 0 Å². The number of ether oxygens (including phenoxy) is 1. The number of nitrogens with zero attached hydrogens (tertiary/aromatic N) is 2. The minimum Gasteiger partial charge on any atom is -0.388 e. The van der Waals surface area contributed by atoms with Crippen LogP contribution < -0.4 is 10.9 Å². The minimum absolute atomic E-state index is 0.147. The normalized spacial score (nSPS) is 20.5. The van der Waals surface area contributed by atoms with Gasteiger partial charge in [-0.05, 0) is 58.7 Å². The van der Waals surface area contributed by atoms with Crippen molar-refractivity contribution in [1.29, 1.82) is 0 Å². The summed E-state index contributed by atoms with van der Waals surface area (Å²) in [6, 6.07) is 0.818. The molecule has 1 aromatic rings. The summed E-state index contributed by atoms with van der Waals surface area (Å²) in [5.41, 5.74) is -1.03. The third-order valence-electron chi connectivity index (χ3n) is 6.39. The maximum absolute atomic E-state index is 14.2. The Balaban J connectivity index is 1.52. The number of hydrogen-bond acceptors (Lipinski definition) is 5. The number of likely N-dealkylation sites (tertiary alicyclic amines) is 1. The summed E-state index contributed by atoms with van der Waals surface area (Å²) in [4.78, 5) is 27.5. The molecule has 0 aromatic carbocycles. The van der Waals surface area contributed by atoms with E-state index >= 15 is 0 Å². The zero-order valence-corrected chi connectivity index (χ0v) is 18.2. The molecule has 7 nitrogen and oxygen atoms in total. The molecule has 3 heterocycles. The molecule has 2 N–H and O–H groups in total. The highest BCUT2D eigenvalue weighted by molar-refractivity contribution is 5.93. The quantitative estimate of drug-likeness (QED) is 0.730. The van der Waals surface area contributed by atoms with Crippen molar-refractivity contribution in [3.05, 3.63) is 33.5 Å². The van der Waals surface area contributed by atoms with E-state index in [2.05, 4.69) is 10.2 Å². The Morgan fingerprint density at radius 2 is 1.97 bits per heavy atom. The van der Waals surface area contributed by atoms with Gasteiger partial charge in [0.2, 0.25) is 0 Å². The van der Waals surface area contributed by atoms with Crippen LogP contribution in [0.3, 0.4) is 0 Å². The van der Waals surface area contributed by atoms with Crippen molar-refractivity contribution in [2.24, 2.45) is 5.92 Å². The smallest absolute Gasteiger partial charge is 0.264 e. The predicted octanol–water partition coefficient (Wildman–Crippen LogP) is 1.86. The second kappa shape index (κ2) is 9.58. The molecule has 0 bridgehead atoms. The predicted molar refractivity (Wildman–Crippen MR) is 112 cm³/mol. The van der Waals surface area contributed by atoms with Crippen LogP contribution in [-0.2, 0) is 4.74 Å². The van der Waals surface area contributed by atoms with Crippen LogP contribution in [0.4, 0.5) is 4.39 Å². The van der Waals surface area contributed by atoms with E-state index in [0.717, 1.165) is 32.0 Å². The number of halogens is 1. The van der Waals surface area contributed by atoms with Gasteiger partial charge in [0.25, 0.3) is 11.5 Å². The topological polar surface area (TPSA) is 83.8 Å². The zero-order valence-electron chi connectivity index (χ0n) is 18.2. The Kier molecular flexibility index (Phi) is 7.31. The molecule has 0 radical (unpaired) electrons. The average Bonchev–Trinajstić information content (AvgIpc) is 2.70. The van der Waals surface area contributed by atoms with Crippen LogP contribution >= 0.6 is 0 Å². The number of hydrogen-bond donors (Lipinski definition) is 2. The number of aromatic nitrogens is 1. The summed E-state index contributed by atoms with van der Waals surface area (Å²) in [7, 11) is 0. The fourth-order valence-corrected chi connectivity index (χ4v) is 4.48. The van der Waals surface area contributed by atoms with Gasteiger partial charge in [-0.15, -0.1) is 0 Å². The van der Waals surface area contributed by atoms with Gasteiger partial charge in [-0.2, -0.15) is 0 Å². The van der Waals surface area contributed by atoms with E-state index in [9.17, 15) is 19.1 Å². The summed E-state index contributed by atoms with van der Waals surface area (Å²) >= 11 is 0. The van der Waals surface area contributed by atoms with E-state index in [0.29, 0.717) is 45.1 Å². The van der Waals surface area contributed by atoms with Crippen LogP contribution in [0.1, 0.15) is 61.6 Å². The first-order chi connectivity index (χ1) is 14.2. The van der Waals surface area contributed by atoms with Crippen molar-refractivity contribution in [2.75, 3.05) is 39.4 Å². The molecule has 8 heteroatoms. The fraction of sp³-hybridized carbons (Fsp3) is 0.727. The lowest BCUT2D eigenvalue weighted by atomic mass is 9.91. The van der Waals surface area contributed by atoms with E-state index in [-0.39, 0.29) is 17.3 Å². The fourth-order valence-electron chi connectivity index (χ4n) is 4.48. The van der Waals surface area contributed by atoms with Gasteiger partial charge >= 0.3 is 0 Å². The second-order valence-electron chi connectivity index (χ2n) is 9.03. The Morgan fingerprint density at radius 1 is 1.33 bits per heavy atom. The van der Waals surface area contributed by atoms with Gasteiger partial charge in [-0.25, -0.2) is 4.39 Å². The lowest BCUT2D eigenvalue weighted by Gasteiger charge is -2.39. The maximum Gasteiger partial charge on any atom is 0.264 e. The van der Waals surface area contributed by atoms with Crippen LogP contribution in [0, 0.1) is 18.7 Å². The second-order valence-corrected chi connectivity index (χ2v) is 9.03. The number of carbonyl (C=O) groups excluding carboxylic acids is 1. The number of amides is 1. The first-order valence-electron chi connectivity index (χ1n) is 10.9. The Hall–Kier alpha value is -1.77. The molecular weight excluding hydrogens is 389 g/mol. The lowest BCUT2D eigenvalue weighted by molar-refractivity contribution is -0.0829. The average molecular weight is 424 g/mol. The summed E-state index contributed by atoms with van der Waals surface area (Å²) in [6.45, 7) is 9.19. The van der Waals surface area contributed by atoms with Gasteiger partial charge in [0, 0.05) is 45.2 Å². The molecule has 0 unspecified atom stereocenters. The summed E-state index contributed by atoms with van der Waals surface area (Å²) in [5, 5.41) is 13.5. The molecule has 2 saturated heterocycles. The number of piperidine rings is 1. The van der Waals surface area contributed by atoms with E-state index < -0.39 is 22.9 Å². The molecule has 30 heavy (non-hydrogen) atoms. The van der Waals surface area contributed by atoms with Crippen LogP contribution in [0.2, 0.25) is 0 Å². The highest BCUT2D eigenvalue weighted by atomic mass is 19.1. The van der Waals surface area contributed by atoms with E-state index in [1.165, 1.54) is 4.57 Å². The largest absolute Gasteiger partial charge is 0.388 e. The van der Waals surface area contributed by atoms with Crippen molar-refractivity contribution in [1.82, 2.24) is 14.8 Å². The summed E-state index contributed by atoms with van der Waals surface area (Å²) in [6.07, 6.45) is 3.16. The molecule has 168 valence electrons. The van der Waals surface area contributed by atoms with Gasteiger partial charge in [0.15, 0.2) is 0 Å². The van der Waals surface area contributed by atoms with Gasteiger partial charge in [0.1, 0.15) is 11.4 Å². The highest BCUT2D eigenvalue weighted by Crippen LogP contribution is 2.25. The monoisotopic (exact) mass is 423 g/mol. The molecule has 0 atom stereocenters. The van der Waals surface area contributed by atoms with Crippen molar-refractivity contribution in [3.63, 3.8) is 0 Å². The lowest BCUT2D eigenvalue weighted by Crippen LogP contribution is -2.49. The molecular formula is C22H34FN3O4. The summed E-state index contributed by atoms with van der Waals surface area (Å²) in [5.74, 6) is -0.766. The highest BCUT2D eigenvalue weighted by Gasteiger charge is 2.33. The van der Waals surface area contributed by atoms with Gasteiger partial charge in [0.05, 0.1) is 11.3 Å². The third kappa shape index (κ3) is 5.28. The molecule has 0 aliphatic carbocycles. The minimum atomic E-state index is -0.662. The van der Waals surface area contributed by atoms with E-state index in [1.54, 1.807) is 20.8 Å². The molecule has 3 rings (SSSR count). The molecule has 1 amide bonds. The Morgan fingerprint density at radius 3 is 2.57 bits per heavy atom. The van der Waals surface area contributed by atoms with Gasteiger partial charge in [-0.1, -0.05) is 0 Å². The van der Waals surface area contributed by atoms with Gasteiger partial charge < -0.3 is 24.6 Å². The summed E-state index contributed by atoms with van der Waals surface area (Å²) < 4.78 is 20.9. The van der Waals surface area contributed by atoms with Crippen molar-refractivity contribution < 1.29 is 19.0 Å². The van der Waals surface area contributed by atoms with Crippen LogP contribution in [0.25, 0.3) is 0 Å². The van der Waals surface area contributed by atoms with Crippen LogP contribution in [0.15, 0.2) is 10.9 Å². The molecule has 0 spiro atoms. The number of aliphatic hydroxyl groups is 1. The van der Waals surface area contributed by atoms with Crippen molar-refractivity contribution in [3.8, 4) is 0 Å². The standard InChI is InChI=1S/C22H34FN3O4/c1-15(2)26-16(3)19(23)12-18(21(26)28)20(27)24-13-17-4-8-25(9-5-17)14-22(29)6-10-30-11-7-22/h12,15,17,29H,4-11,13-14H2,1-3H3,(H,24,27). The Labute approximate surface area is 177 Å². The molecule has 1 aromatic heterocycles. The molecule has 0 saturated carbocycles. The molecule has 2 aliphatic heterocycles. The van der Waals surface area contributed by atoms with Crippen LogP contribution in [-0.4, -0.2) is 65.5 Å². The number of carbonyl (C=O) groups is 1. The Bertz CT molecular complexity index is 809. The maximum atomic E-state index is 14.2.